The van der Waals surface area contributed by atoms with Gasteiger partial charge in [-0.2, -0.15) is 0 Å². The molecule has 0 aromatic carbocycles. The number of Topliss-reactive ketones (excluding diaryl/α,β-unsaturated/α-hetero) is 1. The zero-order chi connectivity index (χ0) is 17.0. The smallest absolute Gasteiger partial charge is 0.295 e. The van der Waals surface area contributed by atoms with Crippen LogP contribution in [0.3, 0.4) is 0 Å². The van der Waals surface area contributed by atoms with Crippen LogP contribution in [0.5, 0.6) is 0 Å². The minimum absolute atomic E-state index is 0.217. The van der Waals surface area contributed by atoms with Gasteiger partial charge in [0.05, 0.1) is 11.0 Å². The molecule has 2 rings (SSSR count). The minimum atomic E-state index is -2.94. The molecule has 5 nitrogen and oxygen atoms in total. The number of rotatable bonds is 7. The van der Waals surface area contributed by atoms with Gasteiger partial charge >= 0.3 is 0 Å². The van der Waals surface area contributed by atoms with Crippen molar-refractivity contribution in [3.05, 3.63) is 29.1 Å². The van der Waals surface area contributed by atoms with Gasteiger partial charge in [0.25, 0.3) is 12.3 Å². The monoisotopic (exact) mass is 323 g/mol. The molecule has 0 bridgehead atoms. The van der Waals surface area contributed by atoms with E-state index in [0.717, 1.165) is 5.69 Å². The van der Waals surface area contributed by atoms with E-state index in [1.54, 1.807) is 0 Å². The molecule has 0 unspecified atom stereocenters. The number of hydrogen-bond acceptors (Lipinski definition) is 3. The Balaban J connectivity index is 2.30. The molecule has 0 spiro atoms. The summed E-state index contributed by atoms with van der Waals surface area (Å²) >= 11 is 0. The lowest BCUT2D eigenvalue weighted by molar-refractivity contribution is -0.129. The number of amides is 1. The number of carbonyl (C=O) groups is 2. The minimum Gasteiger partial charge on any atom is -0.351 e. The summed E-state index contributed by atoms with van der Waals surface area (Å²) in [4.78, 5) is 30.7. The first-order chi connectivity index (χ1) is 10.9. The van der Waals surface area contributed by atoms with Crippen LogP contribution in [0.2, 0.25) is 0 Å². The van der Waals surface area contributed by atoms with E-state index >= 15 is 0 Å². The number of hydrogen-bond donors (Lipinski definition) is 2. The Morgan fingerprint density at radius 2 is 2.09 bits per heavy atom. The quantitative estimate of drug-likeness (QED) is 0.823. The largest absolute Gasteiger partial charge is 0.351 e. The third kappa shape index (κ3) is 3.91. The Hall–Kier alpha value is -2.31. The standard InChI is InChI=1S/C16H19F2N3O2/c1-3-19-16(23)14-10(5-4-6-12(22)15(17)18)13-11(21-14)8-7-9(2)20-13/h7-8,15,21H,3-6H2,1-2H3,(H,19,23). The van der Waals surface area contributed by atoms with E-state index in [0.29, 0.717) is 35.3 Å². The van der Waals surface area contributed by atoms with Crippen molar-refractivity contribution in [3.8, 4) is 0 Å². The Morgan fingerprint density at radius 1 is 1.35 bits per heavy atom. The van der Waals surface area contributed by atoms with Crippen LogP contribution < -0.4 is 5.32 Å². The fourth-order valence-electron chi connectivity index (χ4n) is 2.45. The normalized spacial score (nSPS) is 11.2. The number of alkyl halides is 2. The topological polar surface area (TPSA) is 74.8 Å². The lowest BCUT2D eigenvalue weighted by Crippen LogP contribution is -2.24. The van der Waals surface area contributed by atoms with Gasteiger partial charge in [-0.05, 0) is 38.8 Å². The third-order valence-electron chi connectivity index (χ3n) is 3.54. The molecule has 0 radical (unpaired) electrons. The SMILES string of the molecule is CCNC(=O)c1[nH]c2ccc(C)nc2c1CCCC(=O)C(F)F. The highest BCUT2D eigenvalue weighted by atomic mass is 19.3. The molecule has 7 heteroatoms. The maximum Gasteiger partial charge on any atom is 0.295 e. The summed E-state index contributed by atoms with van der Waals surface area (Å²) in [6.07, 6.45) is -2.58. The molecule has 2 heterocycles. The highest BCUT2D eigenvalue weighted by molar-refractivity contribution is 6.00. The Bertz CT molecular complexity index is 725. The second kappa shape index (κ2) is 7.30. The van der Waals surface area contributed by atoms with Gasteiger partial charge in [-0.25, -0.2) is 8.78 Å². The fourth-order valence-corrected chi connectivity index (χ4v) is 2.45. The molecular weight excluding hydrogens is 304 g/mol. The molecule has 0 fully saturated rings. The van der Waals surface area contributed by atoms with Gasteiger partial charge in [-0.1, -0.05) is 0 Å². The van der Waals surface area contributed by atoms with Crippen LogP contribution in [0.4, 0.5) is 8.78 Å². The van der Waals surface area contributed by atoms with Gasteiger partial charge in [0, 0.05) is 24.2 Å². The first-order valence-electron chi connectivity index (χ1n) is 7.51. The first-order valence-corrected chi connectivity index (χ1v) is 7.51. The van der Waals surface area contributed by atoms with Crippen molar-refractivity contribution in [3.63, 3.8) is 0 Å². The molecule has 124 valence electrons. The highest BCUT2D eigenvalue weighted by Crippen LogP contribution is 2.23. The summed E-state index contributed by atoms with van der Waals surface area (Å²) in [5.74, 6) is -1.34. The molecule has 2 N–H and O–H groups in total. The fraction of sp³-hybridized carbons (Fsp3) is 0.438. The van der Waals surface area contributed by atoms with Crippen molar-refractivity contribution in [2.45, 2.75) is 39.5 Å². The van der Waals surface area contributed by atoms with Gasteiger partial charge in [-0.3, -0.25) is 14.6 Å². The van der Waals surface area contributed by atoms with Crippen LogP contribution in [0.25, 0.3) is 11.0 Å². The molecule has 0 aliphatic heterocycles. The van der Waals surface area contributed by atoms with Crippen molar-refractivity contribution < 1.29 is 18.4 Å². The Morgan fingerprint density at radius 3 is 2.74 bits per heavy atom. The predicted octanol–water partition coefficient (Wildman–Crippen LogP) is 2.78. The third-order valence-corrected chi connectivity index (χ3v) is 3.54. The van der Waals surface area contributed by atoms with Crippen LogP contribution in [0.1, 0.15) is 41.5 Å². The predicted molar refractivity (Wildman–Crippen MR) is 82.8 cm³/mol. The number of halogens is 2. The molecule has 1 amide bonds. The number of ketones is 1. The Labute approximate surface area is 132 Å². The summed E-state index contributed by atoms with van der Waals surface area (Å²) < 4.78 is 24.6. The molecule has 0 atom stereocenters. The van der Waals surface area contributed by atoms with Crippen LogP contribution in [0.15, 0.2) is 12.1 Å². The number of aromatic amines is 1. The van der Waals surface area contributed by atoms with E-state index in [2.05, 4.69) is 15.3 Å². The van der Waals surface area contributed by atoms with E-state index in [1.807, 2.05) is 26.0 Å². The van der Waals surface area contributed by atoms with Crippen molar-refractivity contribution in [2.24, 2.45) is 0 Å². The van der Waals surface area contributed by atoms with E-state index in [4.69, 9.17) is 0 Å². The van der Waals surface area contributed by atoms with Crippen molar-refractivity contribution >= 4 is 22.7 Å². The van der Waals surface area contributed by atoms with E-state index < -0.39 is 12.2 Å². The summed E-state index contributed by atoms with van der Waals surface area (Å²) in [6, 6.07) is 3.65. The van der Waals surface area contributed by atoms with E-state index in [9.17, 15) is 18.4 Å². The first kappa shape index (κ1) is 17.1. The van der Waals surface area contributed by atoms with Gasteiger partial charge in [0.2, 0.25) is 0 Å². The Kier molecular flexibility index (Phi) is 5.41. The maximum atomic E-state index is 12.3. The maximum absolute atomic E-state index is 12.3. The second-order valence-electron chi connectivity index (χ2n) is 5.31. The molecule has 0 saturated carbocycles. The number of aromatic nitrogens is 2. The van der Waals surface area contributed by atoms with Crippen molar-refractivity contribution in [1.82, 2.24) is 15.3 Å². The lowest BCUT2D eigenvalue weighted by atomic mass is 10.0. The van der Waals surface area contributed by atoms with Crippen molar-refractivity contribution in [1.29, 1.82) is 0 Å². The number of H-pyrrole nitrogens is 1. The van der Waals surface area contributed by atoms with Crippen LogP contribution in [-0.2, 0) is 11.2 Å². The van der Waals surface area contributed by atoms with E-state index in [1.165, 1.54) is 0 Å². The highest BCUT2D eigenvalue weighted by Gasteiger charge is 2.20. The summed E-state index contributed by atoms with van der Waals surface area (Å²) in [7, 11) is 0. The molecule has 2 aromatic heterocycles. The summed E-state index contributed by atoms with van der Waals surface area (Å²) in [5.41, 5.74) is 3.20. The number of nitrogens with one attached hydrogen (secondary N) is 2. The van der Waals surface area contributed by atoms with Crippen molar-refractivity contribution in [2.75, 3.05) is 6.54 Å². The molecule has 0 aliphatic rings. The van der Waals surface area contributed by atoms with Gasteiger partial charge in [0.1, 0.15) is 5.69 Å². The zero-order valence-electron chi connectivity index (χ0n) is 13.1. The molecule has 0 saturated heterocycles. The average Bonchev–Trinajstić information content (AvgIpc) is 2.85. The van der Waals surface area contributed by atoms with Gasteiger partial charge in [0.15, 0.2) is 5.78 Å². The number of nitrogens with zero attached hydrogens (tertiary/aromatic N) is 1. The zero-order valence-corrected chi connectivity index (χ0v) is 13.1. The lowest BCUT2D eigenvalue weighted by Gasteiger charge is -2.05. The number of pyridine rings is 1. The number of fused-ring (bicyclic) bond motifs is 1. The molecular formula is C16H19F2N3O2. The van der Waals surface area contributed by atoms with Crippen LogP contribution >= 0.6 is 0 Å². The molecule has 23 heavy (non-hydrogen) atoms. The van der Waals surface area contributed by atoms with Gasteiger partial charge in [-0.15, -0.1) is 0 Å². The summed E-state index contributed by atoms with van der Waals surface area (Å²) in [5, 5.41) is 2.71. The summed E-state index contributed by atoms with van der Waals surface area (Å²) in [6.45, 7) is 4.12. The van der Waals surface area contributed by atoms with Crippen LogP contribution in [0, 0.1) is 6.92 Å². The second-order valence-corrected chi connectivity index (χ2v) is 5.31. The molecule has 2 aromatic rings. The van der Waals surface area contributed by atoms with Crippen LogP contribution in [-0.4, -0.2) is 34.6 Å². The number of carbonyl (C=O) groups excluding carboxylic acids is 2. The van der Waals surface area contributed by atoms with E-state index in [-0.39, 0.29) is 18.7 Å². The van der Waals surface area contributed by atoms with Gasteiger partial charge < -0.3 is 10.3 Å². The number of aryl methyl sites for hydroxylation is 2. The average molecular weight is 323 g/mol. The molecule has 0 aliphatic carbocycles.